The summed E-state index contributed by atoms with van der Waals surface area (Å²) >= 11 is 0. The van der Waals surface area contributed by atoms with Crippen LogP contribution in [0.1, 0.15) is 28.9 Å². The molecule has 2 aliphatic heterocycles. The lowest BCUT2D eigenvalue weighted by molar-refractivity contribution is -0.130. The van der Waals surface area contributed by atoms with Gasteiger partial charge in [-0.3, -0.25) is 4.79 Å². The van der Waals surface area contributed by atoms with E-state index in [2.05, 4.69) is 9.97 Å². The van der Waals surface area contributed by atoms with Gasteiger partial charge in [0.15, 0.2) is 0 Å². The number of aromatic nitrogens is 2. The van der Waals surface area contributed by atoms with Crippen molar-refractivity contribution in [1.82, 2.24) is 14.9 Å². The van der Waals surface area contributed by atoms with Crippen molar-refractivity contribution in [2.75, 3.05) is 31.6 Å². The minimum Gasteiger partial charge on any atom is -0.465 e. The molecule has 1 amide bonds. The number of likely N-dealkylation sites (tertiary alicyclic amines) is 1. The number of halogens is 1. The molecule has 0 unspecified atom stereocenters. The molecule has 0 N–H and O–H groups in total. The molecule has 2 aliphatic rings. The highest BCUT2D eigenvalue weighted by Crippen LogP contribution is 2.46. The molecule has 2 fully saturated rings. The van der Waals surface area contributed by atoms with Crippen LogP contribution in [-0.2, 0) is 9.53 Å². The van der Waals surface area contributed by atoms with Crippen LogP contribution in [0.3, 0.4) is 0 Å². The van der Waals surface area contributed by atoms with E-state index in [1.807, 2.05) is 15.9 Å². The second-order valence-electron chi connectivity index (χ2n) is 7.25. The Morgan fingerprint density at radius 3 is 2.79 bits per heavy atom. The van der Waals surface area contributed by atoms with E-state index in [1.54, 1.807) is 13.0 Å². The molecule has 0 spiro atoms. The topological polar surface area (TPSA) is 75.6 Å². The summed E-state index contributed by atoms with van der Waals surface area (Å²) in [6, 6.07) is 6.23. The molecular formula is C20H21FN4O3. The zero-order valence-electron chi connectivity index (χ0n) is 15.7. The Morgan fingerprint density at radius 1 is 1.25 bits per heavy atom. The maximum absolute atomic E-state index is 13.8. The highest BCUT2D eigenvalue weighted by molar-refractivity contribution is 5.94. The number of esters is 1. The normalized spacial score (nSPS) is 23.6. The standard InChI is InChI=1S/C20H21FN4O3/c1-12(26)25-9-14-8-24(19-16(20(27)28-2)7-22-11-23-19)10-17(14)18(25)13-4-3-5-15(21)6-13/h3-7,11,14,17-18H,8-10H2,1-2H3/t14-,17-,18-/m1/s1. The van der Waals surface area contributed by atoms with Gasteiger partial charge in [0.05, 0.1) is 13.2 Å². The summed E-state index contributed by atoms with van der Waals surface area (Å²) in [4.78, 5) is 36.4. The van der Waals surface area contributed by atoms with Crippen molar-refractivity contribution >= 4 is 17.7 Å². The highest BCUT2D eigenvalue weighted by atomic mass is 19.1. The Balaban J connectivity index is 1.66. The SMILES string of the molecule is COC(=O)c1cncnc1N1C[C@@H]2CN(C(C)=O)[C@H](c3cccc(F)c3)[C@@H]2C1. The van der Waals surface area contributed by atoms with E-state index >= 15 is 0 Å². The third-order valence-electron chi connectivity index (χ3n) is 5.65. The van der Waals surface area contributed by atoms with Crippen molar-refractivity contribution in [3.63, 3.8) is 0 Å². The molecule has 0 aliphatic carbocycles. The fraction of sp³-hybridized carbons (Fsp3) is 0.400. The summed E-state index contributed by atoms with van der Waals surface area (Å²) in [5.41, 5.74) is 1.11. The second kappa shape index (κ2) is 7.18. The first-order valence-electron chi connectivity index (χ1n) is 9.15. The summed E-state index contributed by atoms with van der Waals surface area (Å²) in [6.45, 7) is 3.40. The summed E-state index contributed by atoms with van der Waals surface area (Å²) in [7, 11) is 1.32. The number of rotatable bonds is 3. The number of carbonyl (C=O) groups is 2. The van der Waals surface area contributed by atoms with Crippen molar-refractivity contribution in [3.05, 3.63) is 53.7 Å². The molecule has 2 aromatic rings. The fourth-order valence-corrected chi connectivity index (χ4v) is 4.49. The molecule has 28 heavy (non-hydrogen) atoms. The third-order valence-corrected chi connectivity index (χ3v) is 5.65. The minimum atomic E-state index is -0.486. The lowest BCUT2D eigenvalue weighted by atomic mass is 9.89. The van der Waals surface area contributed by atoms with Gasteiger partial charge in [-0.1, -0.05) is 12.1 Å². The van der Waals surface area contributed by atoms with Crippen LogP contribution in [0.2, 0.25) is 0 Å². The first-order chi connectivity index (χ1) is 13.5. The lowest BCUT2D eigenvalue weighted by Gasteiger charge is -2.29. The average Bonchev–Trinajstić information content (AvgIpc) is 3.25. The smallest absolute Gasteiger partial charge is 0.343 e. The molecule has 146 valence electrons. The van der Waals surface area contributed by atoms with Gasteiger partial charge in [-0.25, -0.2) is 19.2 Å². The van der Waals surface area contributed by atoms with Gasteiger partial charge in [0.1, 0.15) is 23.5 Å². The molecule has 0 radical (unpaired) electrons. The molecule has 2 saturated heterocycles. The second-order valence-corrected chi connectivity index (χ2v) is 7.25. The largest absolute Gasteiger partial charge is 0.465 e. The van der Waals surface area contributed by atoms with Crippen LogP contribution in [0, 0.1) is 17.7 Å². The maximum Gasteiger partial charge on any atom is 0.343 e. The van der Waals surface area contributed by atoms with Crippen molar-refractivity contribution in [2.24, 2.45) is 11.8 Å². The van der Waals surface area contributed by atoms with Crippen LogP contribution in [0.25, 0.3) is 0 Å². The predicted octanol–water partition coefficient (Wildman–Crippen LogP) is 2.06. The van der Waals surface area contributed by atoms with Crippen LogP contribution >= 0.6 is 0 Å². The van der Waals surface area contributed by atoms with Crippen LogP contribution < -0.4 is 4.90 Å². The monoisotopic (exact) mass is 384 g/mol. The number of benzene rings is 1. The molecule has 7 nitrogen and oxygen atoms in total. The van der Waals surface area contributed by atoms with E-state index in [9.17, 15) is 14.0 Å². The Kier molecular flexibility index (Phi) is 4.70. The van der Waals surface area contributed by atoms with Gasteiger partial charge in [-0.2, -0.15) is 0 Å². The quantitative estimate of drug-likeness (QED) is 0.754. The van der Waals surface area contributed by atoms with E-state index < -0.39 is 5.97 Å². The Bertz CT molecular complexity index is 922. The number of ether oxygens (including phenoxy) is 1. The molecule has 4 rings (SSSR count). The number of hydrogen-bond donors (Lipinski definition) is 0. The van der Waals surface area contributed by atoms with Gasteiger partial charge >= 0.3 is 5.97 Å². The van der Waals surface area contributed by atoms with Gasteiger partial charge in [-0.05, 0) is 17.7 Å². The van der Waals surface area contributed by atoms with E-state index in [-0.39, 0.29) is 29.6 Å². The van der Waals surface area contributed by atoms with Crippen LogP contribution in [-0.4, -0.2) is 53.5 Å². The van der Waals surface area contributed by atoms with Crippen molar-refractivity contribution in [1.29, 1.82) is 0 Å². The van der Waals surface area contributed by atoms with Crippen molar-refractivity contribution in [2.45, 2.75) is 13.0 Å². The summed E-state index contributed by atoms with van der Waals surface area (Å²) in [5.74, 6) is 0.0303. The molecule has 8 heteroatoms. The summed E-state index contributed by atoms with van der Waals surface area (Å²) < 4.78 is 18.7. The molecule has 1 aromatic carbocycles. The zero-order valence-corrected chi connectivity index (χ0v) is 15.7. The van der Waals surface area contributed by atoms with E-state index in [1.165, 1.54) is 31.8 Å². The van der Waals surface area contributed by atoms with E-state index in [0.29, 0.717) is 31.0 Å². The molecule has 0 saturated carbocycles. The van der Waals surface area contributed by atoms with Gasteiger partial charge in [0, 0.05) is 44.6 Å². The van der Waals surface area contributed by atoms with Crippen molar-refractivity contribution in [3.8, 4) is 0 Å². The predicted molar refractivity (Wildman–Crippen MR) is 99.1 cm³/mol. The van der Waals surface area contributed by atoms with E-state index in [0.717, 1.165) is 5.56 Å². The van der Waals surface area contributed by atoms with Gasteiger partial charge in [0.2, 0.25) is 5.91 Å². The third kappa shape index (κ3) is 3.08. The molecule has 1 aromatic heterocycles. The van der Waals surface area contributed by atoms with Gasteiger partial charge in [0.25, 0.3) is 0 Å². The number of nitrogens with zero attached hydrogens (tertiary/aromatic N) is 4. The maximum atomic E-state index is 13.8. The Morgan fingerprint density at radius 2 is 2.07 bits per heavy atom. The first-order valence-corrected chi connectivity index (χ1v) is 9.15. The molecular weight excluding hydrogens is 363 g/mol. The van der Waals surface area contributed by atoms with Crippen LogP contribution in [0.4, 0.5) is 10.2 Å². The number of methoxy groups -OCH3 is 1. The Labute approximate surface area is 162 Å². The van der Waals surface area contributed by atoms with Gasteiger partial charge < -0.3 is 14.5 Å². The fourth-order valence-electron chi connectivity index (χ4n) is 4.49. The molecule has 3 atom stereocenters. The van der Waals surface area contributed by atoms with E-state index in [4.69, 9.17) is 4.74 Å². The van der Waals surface area contributed by atoms with Crippen LogP contribution in [0.15, 0.2) is 36.8 Å². The Hall–Kier alpha value is -3.03. The van der Waals surface area contributed by atoms with Gasteiger partial charge in [-0.15, -0.1) is 0 Å². The van der Waals surface area contributed by atoms with Crippen molar-refractivity contribution < 1.29 is 18.7 Å². The zero-order chi connectivity index (χ0) is 19.8. The number of fused-ring (bicyclic) bond motifs is 1. The molecule has 3 heterocycles. The average molecular weight is 384 g/mol. The summed E-state index contributed by atoms with van der Waals surface area (Å²) in [6.07, 6.45) is 2.86. The highest BCUT2D eigenvalue weighted by Gasteiger charge is 2.49. The lowest BCUT2D eigenvalue weighted by Crippen LogP contribution is -2.35. The summed E-state index contributed by atoms with van der Waals surface area (Å²) in [5, 5.41) is 0. The van der Waals surface area contributed by atoms with Crippen LogP contribution in [0.5, 0.6) is 0 Å². The number of hydrogen-bond acceptors (Lipinski definition) is 6. The number of amides is 1. The molecule has 0 bridgehead atoms. The number of anilines is 1. The first kappa shape index (κ1) is 18.3. The minimum absolute atomic E-state index is 0.0208. The number of carbonyl (C=O) groups excluding carboxylic acids is 2.